The van der Waals surface area contributed by atoms with Crippen LogP contribution in [0.1, 0.15) is 35.2 Å². The SMILES string of the molecule is O=C(O)c1ccc(CNC2CCN3CCCC23)cc1F. The van der Waals surface area contributed by atoms with Crippen molar-refractivity contribution in [3.63, 3.8) is 0 Å². The Balaban J connectivity index is 1.61. The van der Waals surface area contributed by atoms with Gasteiger partial charge in [0.2, 0.25) is 0 Å². The number of hydrogen-bond acceptors (Lipinski definition) is 3. The van der Waals surface area contributed by atoms with Crippen LogP contribution >= 0.6 is 0 Å². The number of rotatable bonds is 4. The lowest BCUT2D eigenvalue weighted by atomic mass is 10.1. The molecule has 2 aliphatic rings. The molecule has 5 heteroatoms. The second kappa shape index (κ2) is 5.50. The summed E-state index contributed by atoms with van der Waals surface area (Å²) in [7, 11) is 0. The molecule has 0 aromatic heterocycles. The van der Waals surface area contributed by atoms with Crippen LogP contribution in [0.2, 0.25) is 0 Å². The van der Waals surface area contributed by atoms with Crippen LogP contribution in [-0.2, 0) is 6.54 Å². The number of carbonyl (C=O) groups is 1. The van der Waals surface area contributed by atoms with E-state index in [1.165, 1.54) is 31.5 Å². The summed E-state index contributed by atoms with van der Waals surface area (Å²) in [6.07, 6.45) is 3.65. The summed E-state index contributed by atoms with van der Waals surface area (Å²) in [6, 6.07) is 5.43. The van der Waals surface area contributed by atoms with Gasteiger partial charge in [-0.3, -0.25) is 4.90 Å². The van der Waals surface area contributed by atoms with Crippen molar-refractivity contribution >= 4 is 5.97 Å². The molecule has 4 nitrogen and oxygen atoms in total. The zero-order valence-corrected chi connectivity index (χ0v) is 11.3. The van der Waals surface area contributed by atoms with E-state index >= 15 is 0 Å². The highest BCUT2D eigenvalue weighted by Crippen LogP contribution is 2.28. The highest BCUT2D eigenvalue weighted by atomic mass is 19.1. The Morgan fingerprint density at radius 2 is 2.25 bits per heavy atom. The number of fused-ring (bicyclic) bond motifs is 1. The number of nitrogens with one attached hydrogen (secondary N) is 1. The Bertz CT molecular complexity index is 521. The Morgan fingerprint density at radius 1 is 1.40 bits per heavy atom. The largest absolute Gasteiger partial charge is 0.478 e. The fourth-order valence-electron chi connectivity index (χ4n) is 3.41. The first-order valence-corrected chi connectivity index (χ1v) is 7.14. The Labute approximate surface area is 117 Å². The smallest absolute Gasteiger partial charge is 0.338 e. The molecule has 2 heterocycles. The number of nitrogens with zero attached hydrogens (tertiary/aromatic N) is 1. The fourth-order valence-corrected chi connectivity index (χ4v) is 3.41. The van der Waals surface area contributed by atoms with Gasteiger partial charge in [0.1, 0.15) is 5.82 Å². The minimum absolute atomic E-state index is 0.267. The maximum absolute atomic E-state index is 13.6. The van der Waals surface area contributed by atoms with Gasteiger partial charge in [0, 0.05) is 25.2 Å². The summed E-state index contributed by atoms with van der Waals surface area (Å²) in [5.74, 6) is -1.88. The van der Waals surface area contributed by atoms with E-state index in [-0.39, 0.29) is 5.56 Å². The first-order valence-electron chi connectivity index (χ1n) is 7.14. The minimum Gasteiger partial charge on any atom is -0.478 e. The molecule has 0 radical (unpaired) electrons. The lowest BCUT2D eigenvalue weighted by Gasteiger charge is -2.21. The van der Waals surface area contributed by atoms with Crippen LogP contribution < -0.4 is 5.32 Å². The molecule has 3 rings (SSSR count). The minimum atomic E-state index is -1.22. The Morgan fingerprint density at radius 3 is 3.00 bits per heavy atom. The van der Waals surface area contributed by atoms with Crippen molar-refractivity contribution < 1.29 is 14.3 Å². The van der Waals surface area contributed by atoms with E-state index < -0.39 is 11.8 Å². The second-order valence-electron chi connectivity index (χ2n) is 5.64. The summed E-state index contributed by atoms with van der Waals surface area (Å²) < 4.78 is 13.6. The number of hydrogen-bond donors (Lipinski definition) is 2. The number of carboxylic acid groups (broad SMARTS) is 1. The van der Waals surface area contributed by atoms with E-state index in [1.807, 2.05) is 0 Å². The number of halogens is 1. The van der Waals surface area contributed by atoms with Crippen LogP contribution in [-0.4, -0.2) is 41.1 Å². The van der Waals surface area contributed by atoms with Crippen LogP contribution in [0.3, 0.4) is 0 Å². The molecular weight excluding hydrogens is 259 g/mol. The molecule has 20 heavy (non-hydrogen) atoms. The average Bonchev–Trinajstić information content (AvgIpc) is 2.99. The standard InChI is InChI=1S/C15H19FN2O2/c16-12-8-10(3-4-11(12)15(19)20)9-17-13-5-7-18-6-1-2-14(13)18/h3-4,8,13-14,17H,1-2,5-7,9H2,(H,19,20). The quantitative estimate of drug-likeness (QED) is 0.882. The van der Waals surface area contributed by atoms with Gasteiger partial charge in [0.05, 0.1) is 5.56 Å². The third-order valence-corrected chi connectivity index (χ3v) is 4.44. The molecule has 2 unspecified atom stereocenters. The van der Waals surface area contributed by atoms with Gasteiger partial charge in [-0.25, -0.2) is 9.18 Å². The lowest BCUT2D eigenvalue weighted by Crippen LogP contribution is -2.38. The first-order chi connectivity index (χ1) is 9.65. The molecule has 0 saturated carbocycles. The fraction of sp³-hybridized carbons (Fsp3) is 0.533. The van der Waals surface area contributed by atoms with Crippen LogP contribution in [0.15, 0.2) is 18.2 Å². The summed E-state index contributed by atoms with van der Waals surface area (Å²) in [5, 5.41) is 12.3. The van der Waals surface area contributed by atoms with Gasteiger partial charge >= 0.3 is 5.97 Å². The highest BCUT2D eigenvalue weighted by Gasteiger charge is 2.36. The molecule has 1 aromatic rings. The Kier molecular flexibility index (Phi) is 3.72. The van der Waals surface area contributed by atoms with Gasteiger partial charge < -0.3 is 10.4 Å². The van der Waals surface area contributed by atoms with Gasteiger partial charge in [-0.05, 0) is 43.5 Å². The van der Waals surface area contributed by atoms with Gasteiger partial charge in [-0.2, -0.15) is 0 Å². The normalized spacial score (nSPS) is 25.9. The molecule has 1 aromatic carbocycles. The predicted octanol–water partition coefficient (Wildman–Crippen LogP) is 1.85. The van der Waals surface area contributed by atoms with Gasteiger partial charge in [-0.1, -0.05) is 6.07 Å². The van der Waals surface area contributed by atoms with E-state index in [2.05, 4.69) is 10.2 Å². The molecular formula is C15H19FN2O2. The van der Waals surface area contributed by atoms with Crippen molar-refractivity contribution in [1.82, 2.24) is 10.2 Å². The van der Waals surface area contributed by atoms with Gasteiger partial charge in [0.15, 0.2) is 0 Å². The zero-order valence-electron chi connectivity index (χ0n) is 11.3. The molecule has 2 saturated heterocycles. The lowest BCUT2D eigenvalue weighted by molar-refractivity contribution is 0.0692. The van der Waals surface area contributed by atoms with Crippen LogP contribution in [0, 0.1) is 5.82 Å². The molecule has 0 amide bonds. The maximum atomic E-state index is 13.6. The topological polar surface area (TPSA) is 52.6 Å². The van der Waals surface area contributed by atoms with Crippen LogP contribution in [0.5, 0.6) is 0 Å². The number of benzene rings is 1. The monoisotopic (exact) mass is 278 g/mol. The third-order valence-electron chi connectivity index (χ3n) is 4.44. The second-order valence-corrected chi connectivity index (χ2v) is 5.64. The molecule has 108 valence electrons. The van der Waals surface area contributed by atoms with Crippen LogP contribution in [0.4, 0.5) is 4.39 Å². The Hall–Kier alpha value is -1.46. The average molecular weight is 278 g/mol. The molecule has 2 aliphatic heterocycles. The molecule has 0 bridgehead atoms. The molecule has 2 fully saturated rings. The van der Waals surface area contributed by atoms with Gasteiger partial charge in [0.25, 0.3) is 0 Å². The summed E-state index contributed by atoms with van der Waals surface area (Å²) >= 11 is 0. The molecule has 2 atom stereocenters. The van der Waals surface area contributed by atoms with E-state index in [4.69, 9.17) is 5.11 Å². The van der Waals surface area contributed by atoms with Crippen molar-refractivity contribution in [1.29, 1.82) is 0 Å². The summed E-state index contributed by atoms with van der Waals surface area (Å²) in [5.41, 5.74) is 0.528. The van der Waals surface area contributed by atoms with Crippen molar-refractivity contribution in [2.75, 3.05) is 13.1 Å². The van der Waals surface area contributed by atoms with Crippen molar-refractivity contribution in [3.8, 4) is 0 Å². The molecule has 2 N–H and O–H groups in total. The van der Waals surface area contributed by atoms with Crippen molar-refractivity contribution in [3.05, 3.63) is 35.1 Å². The van der Waals surface area contributed by atoms with E-state index in [0.717, 1.165) is 18.5 Å². The third kappa shape index (κ3) is 2.55. The van der Waals surface area contributed by atoms with Crippen molar-refractivity contribution in [2.45, 2.75) is 37.9 Å². The molecule has 0 spiro atoms. The summed E-state index contributed by atoms with van der Waals surface area (Å²) in [4.78, 5) is 13.3. The van der Waals surface area contributed by atoms with Gasteiger partial charge in [-0.15, -0.1) is 0 Å². The highest BCUT2D eigenvalue weighted by molar-refractivity contribution is 5.87. The molecule has 0 aliphatic carbocycles. The van der Waals surface area contributed by atoms with E-state index in [0.29, 0.717) is 18.6 Å². The predicted molar refractivity (Wildman–Crippen MR) is 73.2 cm³/mol. The van der Waals surface area contributed by atoms with E-state index in [1.54, 1.807) is 6.07 Å². The zero-order chi connectivity index (χ0) is 14.1. The first kappa shape index (κ1) is 13.5. The number of carboxylic acids is 1. The van der Waals surface area contributed by atoms with E-state index in [9.17, 15) is 9.18 Å². The maximum Gasteiger partial charge on any atom is 0.338 e. The van der Waals surface area contributed by atoms with Crippen LogP contribution in [0.25, 0.3) is 0 Å². The van der Waals surface area contributed by atoms with Crippen molar-refractivity contribution in [2.24, 2.45) is 0 Å². The summed E-state index contributed by atoms with van der Waals surface area (Å²) in [6.45, 7) is 2.94. The number of aromatic carboxylic acids is 1.